The van der Waals surface area contributed by atoms with Crippen molar-refractivity contribution in [3.05, 3.63) is 63.9 Å². The zero-order chi connectivity index (χ0) is 14.8. The van der Waals surface area contributed by atoms with Crippen LogP contribution in [-0.2, 0) is 5.60 Å². The van der Waals surface area contributed by atoms with Crippen molar-refractivity contribution in [2.45, 2.75) is 18.9 Å². The molecule has 2 nitrogen and oxygen atoms in total. The quantitative estimate of drug-likeness (QED) is 0.903. The summed E-state index contributed by atoms with van der Waals surface area (Å²) >= 11 is 3.37. The molecule has 0 saturated heterocycles. The predicted molar refractivity (Wildman–Crippen MR) is 80.4 cm³/mol. The van der Waals surface area contributed by atoms with Crippen LogP contribution in [0.15, 0.2) is 46.9 Å². The van der Waals surface area contributed by atoms with E-state index in [1.807, 2.05) is 19.1 Å². The van der Waals surface area contributed by atoms with Gasteiger partial charge in [0.15, 0.2) is 0 Å². The highest BCUT2D eigenvalue weighted by molar-refractivity contribution is 9.10. The van der Waals surface area contributed by atoms with Crippen LogP contribution in [-0.4, -0.2) is 12.2 Å². The molecule has 2 rings (SSSR count). The normalized spacial score (nSPS) is 13.8. The third-order valence-corrected chi connectivity index (χ3v) is 3.93. The van der Waals surface area contributed by atoms with Gasteiger partial charge < -0.3 is 9.84 Å². The first-order valence-electron chi connectivity index (χ1n) is 6.33. The molecule has 0 aromatic heterocycles. The van der Waals surface area contributed by atoms with Crippen LogP contribution in [0.4, 0.5) is 4.39 Å². The average Bonchev–Trinajstić information content (AvgIpc) is 2.46. The first-order chi connectivity index (χ1) is 9.51. The molecule has 1 atom stereocenters. The van der Waals surface area contributed by atoms with Crippen molar-refractivity contribution in [3.63, 3.8) is 0 Å². The van der Waals surface area contributed by atoms with E-state index in [4.69, 9.17) is 4.74 Å². The van der Waals surface area contributed by atoms with Gasteiger partial charge in [-0.2, -0.15) is 0 Å². The molecule has 4 heteroatoms. The summed E-state index contributed by atoms with van der Waals surface area (Å²) in [6, 6.07) is 11.8. The van der Waals surface area contributed by atoms with Gasteiger partial charge in [-0.1, -0.05) is 35.0 Å². The molecule has 0 aliphatic rings. The lowest BCUT2D eigenvalue weighted by molar-refractivity contribution is 0.0724. The minimum absolute atomic E-state index is 0.249. The molecule has 0 bridgehead atoms. The summed E-state index contributed by atoms with van der Waals surface area (Å²) in [6.45, 7) is 1.82. The molecule has 0 radical (unpaired) electrons. The van der Waals surface area contributed by atoms with Gasteiger partial charge in [0.1, 0.15) is 17.2 Å². The van der Waals surface area contributed by atoms with Crippen molar-refractivity contribution in [2.24, 2.45) is 0 Å². The summed E-state index contributed by atoms with van der Waals surface area (Å²) in [4.78, 5) is 0. The highest BCUT2D eigenvalue weighted by Crippen LogP contribution is 2.36. The van der Waals surface area contributed by atoms with E-state index in [2.05, 4.69) is 15.9 Å². The zero-order valence-corrected chi connectivity index (χ0v) is 12.9. The highest BCUT2D eigenvalue weighted by Gasteiger charge is 2.32. The Hall–Kier alpha value is -1.39. The molecule has 20 heavy (non-hydrogen) atoms. The Morgan fingerprint density at radius 2 is 2.00 bits per heavy atom. The van der Waals surface area contributed by atoms with Crippen molar-refractivity contribution < 1.29 is 14.2 Å². The SMILES string of the molecule is CCC(O)(c1cccc(Br)c1)c1ccc(OC)cc1F. The van der Waals surface area contributed by atoms with Crippen LogP contribution < -0.4 is 4.74 Å². The Bertz CT molecular complexity index is 615. The zero-order valence-electron chi connectivity index (χ0n) is 11.4. The summed E-state index contributed by atoms with van der Waals surface area (Å²) in [5.41, 5.74) is -0.461. The molecular formula is C16H16BrFO2. The smallest absolute Gasteiger partial charge is 0.133 e. The van der Waals surface area contributed by atoms with Gasteiger partial charge in [0.25, 0.3) is 0 Å². The van der Waals surface area contributed by atoms with E-state index in [1.54, 1.807) is 24.3 Å². The second kappa shape index (κ2) is 5.94. The van der Waals surface area contributed by atoms with Gasteiger partial charge in [0.05, 0.1) is 7.11 Å². The third-order valence-electron chi connectivity index (χ3n) is 3.44. The molecule has 0 aliphatic carbocycles. The summed E-state index contributed by atoms with van der Waals surface area (Å²) < 4.78 is 20.1. The maximum atomic E-state index is 14.3. The average molecular weight is 339 g/mol. The molecule has 0 saturated carbocycles. The standard InChI is InChI=1S/C16H16BrFO2/c1-3-16(19,11-5-4-6-12(17)9-11)14-8-7-13(20-2)10-15(14)18/h4-10,19H,3H2,1-2H3. The molecule has 0 aliphatic heterocycles. The topological polar surface area (TPSA) is 29.5 Å². The lowest BCUT2D eigenvalue weighted by Crippen LogP contribution is -2.27. The number of rotatable bonds is 4. The minimum Gasteiger partial charge on any atom is -0.497 e. The number of aliphatic hydroxyl groups is 1. The maximum Gasteiger partial charge on any atom is 0.133 e. The van der Waals surface area contributed by atoms with Gasteiger partial charge in [-0.25, -0.2) is 4.39 Å². The maximum absolute atomic E-state index is 14.3. The van der Waals surface area contributed by atoms with Gasteiger partial charge in [0.2, 0.25) is 0 Å². The van der Waals surface area contributed by atoms with Crippen LogP contribution in [0, 0.1) is 5.82 Å². The Morgan fingerprint density at radius 1 is 1.25 bits per heavy atom. The largest absolute Gasteiger partial charge is 0.497 e. The Labute approximate surface area is 126 Å². The van der Waals surface area contributed by atoms with Crippen molar-refractivity contribution in [2.75, 3.05) is 7.11 Å². The number of benzene rings is 2. The van der Waals surface area contributed by atoms with E-state index in [-0.39, 0.29) is 5.56 Å². The van der Waals surface area contributed by atoms with Crippen molar-refractivity contribution in [1.82, 2.24) is 0 Å². The number of methoxy groups -OCH3 is 1. The van der Waals surface area contributed by atoms with Gasteiger partial charge in [-0.3, -0.25) is 0 Å². The van der Waals surface area contributed by atoms with Crippen molar-refractivity contribution >= 4 is 15.9 Å². The van der Waals surface area contributed by atoms with Gasteiger partial charge in [0, 0.05) is 16.1 Å². The van der Waals surface area contributed by atoms with Crippen molar-refractivity contribution in [1.29, 1.82) is 0 Å². The summed E-state index contributed by atoms with van der Waals surface area (Å²) in [6.07, 6.45) is 0.368. The molecule has 2 aromatic rings. The Kier molecular flexibility index (Phi) is 4.45. The number of hydrogen-bond acceptors (Lipinski definition) is 2. The molecule has 106 valence electrons. The molecule has 0 fully saturated rings. The molecule has 1 N–H and O–H groups in total. The Morgan fingerprint density at radius 3 is 2.55 bits per heavy atom. The number of hydrogen-bond donors (Lipinski definition) is 1. The first kappa shape index (κ1) is 15.0. The van der Waals surface area contributed by atoms with E-state index >= 15 is 0 Å². The summed E-state index contributed by atoms with van der Waals surface area (Å²) in [5.74, 6) is -0.0485. The van der Waals surface area contributed by atoms with Gasteiger partial charge in [-0.15, -0.1) is 0 Å². The van der Waals surface area contributed by atoms with Gasteiger partial charge in [-0.05, 0) is 36.2 Å². The van der Waals surface area contributed by atoms with Gasteiger partial charge >= 0.3 is 0 Å². The van der Waals surface area contributed by atoms with E-state index in [1.165, 1.54) is 13.2 Å². The van der Waals surface area contributed by atoms with Crippen LogP contribution in [0.25, 0.3) is 0 Å². The fourth-order valence-corrected chi connectivity index (χ4v) is 2.65. The monoisotopic (exact) mass is 338 g/mol. The fourth-order valence-electron chi connectivity index (χ4n) is 2.25. The van der Waals surface area contributed by atoms with Crippen LogP contribution in [0.1, 0.15) is 24.5 Å². The lowest BCUT2D eigenvalue weighted by Gasteiger charge is -2.28. The Balaban J connectivity index is 2.56. The molecular weight excluding hydrogens is 323 g/mol. The summed E-state index contributed by atoms with van der Waals surface area (Å²) in [5, 5.41) is 10.9. The highest BCUT2D eigenvalue weighted by atomic mass is 79.9. The van der Waals surface area contributed by atoms with Crippen LogP contribution in [0.5, 0.6) is 5.75 Å². The fraction of sp³-hybridized carbons (Fsp3) is 0.250. The molecule has 2 aromatic carbocycles. The van der Waals surface area contributed by atoms with E-state index in [9.17, 15) is 9.50 Å². The van der Waals surface area contributed by atoms with Crippen LogP contribution in [0.2, 0.25) is 0 Å². The molecule has 0 spiro atoms. The molecule has 0 heterocycles. The minimum atomic E-state index is -1.36. The lowest BCUT2D eigenvalue weighted by atomic mass is 9.84. The second-order valence-electron chi connectivity index (χ2n) is 4.57. The summed E-state index contributed by atoms with van der Waals surface area (Å²) in [7, 11) is 1.48. The van der Waals surface area contributed by atoms with E-state index < -0.39 is 11.4 Å². The number of halogens is 2. The van der Waals surface area contributed by atoms with E-state index in [0.29, 0.717) is 17.7 Å². The first-order valence-corrected chi connectivity index (χ1v) is 7.13. The number of ether oxygens (including phenoxy) is 1. The molecule has 0 amide bonds. The second-order valence-corrected chi connectivity index (χ2v) is 5.49. The predicted octanol–water partition coefficient (Wildman–Crippen LogP) is 4.24. The van der Waals surface area contributed by atoms with Crippen LogP contribution in [0.3, 0.4) is 0 Å². The van der Waals surface area contributed by atoms with Crippen molar-refractivity contribution in [3.8, 4) is 5.75 Å². The van der Waals surface area contributed by atoms with Crippen LogP contribution >= 0.6 is 15.9 Å². The van der Waals surface area contributed by atoms with E-state index in [0.717, 1.165) is 4.47 Å². The third kappa shape index (κ3) is 2.72. The molecule has 1 unspecified atom stereocenters.